The van der Waals surface area contributed by atoms with Gasteiger partial charge in [-0.3, -0.25) is 9.59 Å². The largest absolute Gasteiger partial charge is 0.373 e. The number of Topliss-reactive ketones (excluding diaryl/α,β-unsaturated/α-hetero) is 1. The maximum atomic E-state index is 12.4. The van der Waals surface area contributed by atoms with E-state index in [1.165, 1.54) is 0 Å². The Balaban J connectivity index is 2.07. The number of fused-ring (bicyclic) bond motifs is 1. The fraction of sp³-hybridized carbons (Fsp3) is 0.500. The van der Waals surface area contributed by atoms with Crippen molar-refractivity contribution in [2.24, 2.45) is 0 Å². The van der Waals surface area contributed by atoms with Crippen molar-refractivity contribution in [1.82, 2.24) is 0 Å². The molecular formula is C16H21NO3. The highest BCUT2D eigenvalue weighted by molar-refractivity contribution is 6.26. The molecule has 1 amide bonds. The van der Waals surface area contributed by atoms with Crippen LogP contribution in [0.3, 0.4) is 0 Å². The molecule has 0 saturated heterocycles. The molecule has 1 unspecified atom stereocenters. The van der Waals surface area contributed by atoms with Gasteiger partial charge in [0.15, 0.2) is 0 Å². The van der Waals surface area contributed by atoms with Crippen LogP contribution in [-0.4, -0.2) is 22.4 Å². The van der Waals surface area contributed by atoms with Gasteiger partial charge in [-0.15, -0.1) is 0 Å². The van der Waals surface area contributed by atoms with Crippen LogP contribution in [0.4, 0.5) is 5.69 Å². The van der Waals surface area contributed by atoms with Crippen molar-refractivity contribution in [1.29, 1.82) is 0 Å². The lowest BCUT2D eigenvalue weighted by Crippen LogP contribution is -2.53. The number of carbonyl (C=O) groups excluding carboxylic acids is 2. The van der Waals surface area contributed by atoms with E-state index in [0.29, 0.717) is 17.7 Å². The summed E-state index contributed by atoms with van der Waals surface area (Å²) in [6.45, 7) is 2.13. The van der Waals surface area contributed by atoms with Gasteiger partial charge in [0.25, 0.3) is 5.91 Å². The molecule has 4 heteroatoms. The number of aliphatic hydroxyl groups is 1. The van der Waals surface area contributed by atoms with E-state index in [-0.39, 0.29) is 6.42 Å². The van der Waals surface area contributed by atoms with Gasteiger partial charge in [-0.2, -0.15) is 0 Å². The molecule has 0 aromatic heterocycles. The van der Waals surface area contributed by atoms with Crippen LogP contribution in [0.5, 0.6) is 0 Å². The van der Waals surface area contributed by atoms with Gasteiger partial charge in [0.1, 0.15) is 0 Å². The van der Waals surface area contributed by atoms with E-state index in [1.807, 2.05) is 0 Å². The SMILES string of the molecule is CCCCCCCC1(O)C(=O)Nc2ccccc2C1=O. The number of carbonyl (C=O) groups is 2. The number of para-hydroxylation sites is 1. The van der Waals surface area contributed by atoms with Crippen molar-refractivity contribution < 1.29 is 14.7 Å². The van der Waals surface area contributed by atoms with Gasteiger partial charge in [0.05, 0.1) is 5.69 Å². The normalized spacial score (nSPS) is 21.5. The Hall–Kier alpha value is -1.68. The molecule has 1 aromatic carbocycles. The molecule has 1 atom stereocenters. The summed E-state index contributed by atoms with van der Waals surface area (Å²) in [6, 6.07) is 6.79. The van der Waals surface area contributed by atoms with Crippen molar-refractivity contribution in [3.8, 4) is 0 Å². The summed E-state index contributed by atoms with van der Waals surface area (Å²) >= 11 is 0. The number of hydrogen-bond donors (Lipinski definition) is 2. The van der Waals surface area contributed by atoms with Crippen molar-refractivity contribution in [2.45, 2.75) is 51.0 Å². The molecule has 0 spiro atoms. The third kappa shape index (κ3) is 2.75. The topological polar surface area (TPSA) is 66.4 Å². The van der Waals surface area contributed by atoms with Gasteiger partial charge in [0, 0.05) is 5.56 Å². The number of hydrogen-bond acceptors (Lipinski definition) is 3. The van der Waals surface area contributed by atoms with Gasteiger partial charge in [-0.05, 0) is 25.0 Å². The maximum Gasteiger partial charge on any atom is 0.264 e. The van der Waals surface area contributed by atoms with Gasteiger partial charge in [-0.1, -0.05) is 44.7 Å². The Kier molecular flexibility index (Phi) is 4.55. The minimum atomic E-state index is -1.90. The Morgan fingerprint density at radius 1 is 1.10 bits per heavy atom. The van der Waals surface area contributed by atoms with Crippen LogP contribution >= 0.6 is 0 Å². The lowest BCUT2D eigenvalue weighted by Gasteiger charge is -2.30. The van der Waals surface area contributed by atoms with E-state index in [1.54, 1.807) is 24.3 Å². The van der Waals surface area contributed by atoms with E-state index in [2.05, 4.69) is 12.2 Å². The summed E-state index contributed by atoms with van der Waals surface area (Å²) in [7, 11) is 0. The molecule has 0 radical (unpaired) electrons. The van der Waals surface area contributed by atoms with E-state index in [9.17, 15) is 14.7 Å². The monoisotopic (exact) mass is 275 g/mol. The zero-order chi connectivity index (χ0) is 14.6. The minimum absolute atomic E-state index is 0.190. The molecule has 0 fully saturated rings. The van der Waals surface area contributed by atoms with E-state index < -0.39 is 17.3 Å². The molecule has 2 N–H and O–H groups in total. The van der Waals surface area contributed by atoms with Crippen molar-refractivity contribution in [3.05, 3.63) is 29.8 Å². The minimum Gasteiger partial charge on any atom is -0.373 e. The molecule has 0 saturated carbocycles. The van der Waals surface area contributed by atoms with Crippen LogP contribution in [0.25, 0.3) is 0 Å². The average Bonchev–Trinajstić information content (AvgIpc) is 2.45. The Morgan fingerprint density at radius 3 is 2.55 bits per heavy atom. The van der Waals surface area contributed by atoms with Crippen molar-refractivity contribution in [2.75, 3.05) is 5.32 Å². The number of ketones is 1. The fourth-order valence-corrected chi connectivity index (χ4v) is 2.55. The Labute approximate surface area is 119 Å². The second-order valence-electron chi connectivity index (χ2n) is 5.35. The number of rotatable bonds is 6. The molecular weight excluding hydrogens is 254 g/mol. The number of unbranched alkanes of at least 4 members (excludes halogenated alkanes) is 4. The first kappa shape index (κ1) is 14.7. The highest BCUT2D eigenvalue weighted by Crippen LogP contribution is 2.31. The molecule has 20 heavy (non-hydrogen) atoms. The Morgan fingerprint density at radius 2 is 1.80 bits per heavy atom. The lowest BCUT2D eigenvalue weighted by molar-refractivity contribution is -0.130. The number of amides is 1. The van der Waals surface area contributed by atoms with Crippen molar-refractivity contribution in [3.63, 3.8) is 0 Å². The summed E-state index contributed by atoms with van der Waals surface area (Å²) in [6.07, 6.45) is 5.14. The summed E-state index contributed by atoms with van der Waals surface area (Å²) in [5, 5.41) is 13.1. The summed E-state index contributed by atoms with van der Waals surface area (Å²) in [4.78, 5) is 24.4. The number of benzene rings is 1. The van der Waals surface area contributed by atoms with Gasteiger partial charge >= 0.3 is 0 Å². The number of anilines is 1. The Bertz CT molecular complexity index is 512. The first-order valence-electron chi connectivity index (χ1n) is 7.27. The summed E-state index contributed by atoms with van der Waals surface area (Å²) in [5.74, 6) is -1.08. The van der Waals surface area contributed by atoms with Gasteiger partial charge in [0.2, 0.25) is 11.4 Å². The van der Waals surface area contributed by atoms with Crippen LogP contribution in [0, 0.1) is 0 Å². The number of nitrogens with one attached hydrogen (secondary N) is 1. The van der Waals surface area contributed by atoms with Crippen LogP contribution in [-0.2, 0) is 4.79 Å². The molecule has 0 bridgehead atoms. The zero-order valence-electron chi connectivity index (χ0n) is 11.8. The van der Waals surface area contributed by atoms with Crippen LogP contribution in [0.15, 0.2) is 24.3 Å². The maximum absolute atomic E-state index is 12.4. The summed E-state index contributed by atoms with van der Waals surface area (Å²) in [5.41, 5.74) is -1.03. The second-order valence-corrected chi connectivity index (χ2v) is 5.35. The summed E-state index contributed by atoms with van der Waals surface area (Å²) < 4.78 is 0. The molecule has 1 aliphatic heterocycles. The first-order chi connectivity index (χ1) is 9.59. The predicted molar refractivity (Wildman–Crippen MR) is 77.7 cm³/mol. The molecule has 4 nitrogen and oxygen atoms in total. The predicted octanol–water partition coefficient (Wildman–Crippen LogP) is 2.91. The van der Waals surface area contributed by atoms with E-state index in [0.717, 1.165) is 25.7 Å². The standard InChI is InChI=1S/C16H21NO3/c1-2-3-4-5-8-11-16(20)14(18)12-9-6-7-10-13(12)17-15(16)19/h6-7,9-10,20H,2-5,8,11H2,1H3,(H,17,19). The molecule has 108 valence electrons. The highest BCUT2D eigenvalue weighted by Gasteiger charge is 2.47. The second kappa shape index (κ2) is 6.18. The molecule has 1 heterocycles. The fourth-order valence-electron chi connectivity index (χ4n) is 2.55. The molecule has 2 rings (SSSR count). The van der Waals surface area contributed by atoms with Crippen LogP contribution < -0.4 is 5.32 Å². The first-order valence-corrected chi connectivity index (χ1v) is 7.27. The van der Waals surface area contributed by atoms with Gasteiger partial charge in [-0.25, -0.2) is 0 Å². The van der Waals surface area contributed by atoms with E-state index in [4.69, 9.17) is 0 Å². The smallest absolute Gasteiger partial charge is 0.264 e. The third-order valence-corrected chi connectivity index (χ3v) is 3.81. The van der Waals surface area contributed by atoms with Gasteiger partial charge < -0.3 is 10.4 Å². The zero-order valence-corrected chi connectivity index (χ0v) is 11.8. The highest BCUT2D eigenvalue weighted by atomic mass is 16.3. The van der Waals surface area contributed by atoms with Crippen LogP contribution in [0.2, 0.25) is 0 Å². The average molecular weight is 275 g/mol. The van der Waals surface area contributed by atoms with Crippen LogP contribution in [0.1, 0.15) is 55.8 Å². The third-order valence-electron chi connectivity index (χ3n) is 3.81. The van der Waals surface area contributed by atoms with Crippen molar-refractivity contribution >= 4 is 17.4 Å². The molecule has 0 aliphatic carbocycles. The quantitative estimate of drug-likeness (QED) is 0.619. The molecule has 1 aliphatic rings. The van der Waals surface area contributed by atoms with E-state index >= 15 is 0 Å². The molecule has 1 aromatic rings. The lowest BCUT2D eigenvalue weighted by atomic mass is 9.83.